The van der Waals surface area contributed by atoms with Gasteiger partial charge in [0.25, 0.3) is 0 Å². The van der Waals surface area contributed by atoms with Crippen LogP contribution in [0, 0.1) is 0 Å². The van der Waals surface area contributed by atoms with Crippen molar-refractivity contribution in [1.29, 1.82) is 0 Å². The average molecular weight is 260 g/mol. The zero-order valence-corrected chi connectivity index (χ0v) is 12.5. The fourth-order valence-corrected chi connectivity index (χ4v) is 1.48. The van der Waals surface area contributed by atoms with Gasteiger partial charge in [-0.3, -0.25) is 0 Å². The molecule has 0 heterocycles. The lowest BCUT2D eigenvalue weighted by Gasteiger charge is -2.23. The molecule has 0 atom stereocenters. The lowest BCUT2D eigenvalue weighted by molar-refractivity contribution is -0.870. The third kappa shape index (κ3) is 13.3. The van der Waals surface area contributed by atoms with Crippen molar-refractivity contribution in [3.63, 3.8) is 0 Å². The van der Waals surface area contributed by atoms with Gasteiger partial charge in [0.1, 0.15) is 13.2 Å². The van der Waals surface area contributed by atoms with Crippen molar-refractivity contribution >= 4 is 6.16 Å². The molecule has 0 N–H and O–H groups in total. The SMILES string of the molecule is CCCCCCCCOC(=O)OCC[N+](C)(C)C. The van der Waals surface area contributed by atoms with Gasteiger partial charge in [-0.1, -0.05) is 39.0 Å². The first-order valence-corrected chi connectivity index (χ1v) is 7.05. The van der Waals surface area contributed by atoms with Crippen LogP contribution < -0.4 is 0 Å². The number of rotatable bonds is 10. The van der Waals surface area contributed by atoms with Gasteiger partial charge in [-0.25, -0.2) is 4.79 Å². The summed E-state index contributed by atoms with van der Waals surface area (Å²) >= 11 is 0. The van der Waals surface area contributed by atoms with Gasteiger partial charge in [-0.05, 0) is 6.42 Å². The Labute approximate surface area is 112 Å². The average Bonchev–Trinajstić information content (AvgIpc) is 2.26. The van der Waals surface area contributed by atoms with E-state index in [2.05, 4.69) is 28.1 Å². The highest BCUT2D eigenvalue weighted by Crippen LogP contribution is 2.05. The van der Waals surface area contributed by atoms with Crippen molar-refractivity contribution in [2.75, 3.05) is 40.9 Å². The second-order valence-corrected chi connectivity index (χ2v) is 5.73. The molecule has 0 amide bonds. The molecular weight excluding hydrogens is 230 g/mol. The van der Waals surface area contributed by atoms with E-state index >= 15 is 0 Å². The molecular formula is C14H30NO3+. The third-order valence-corrected chi connectivity index (χ3v) is 2.70. The molecule has 0 aromatic carbocycles. The maximum absolute atomic E-state index is 11.2. The number of hydrogen-bond donors (Lipinski definition) is 0. The minimum absolute atomic E-state index is 0.416. The molecule has 0 rings (SSSR count). The summed E-state index contributed by atoms with van der Waals surface area (Å²) in [7, 11) is 6.18. The summed E-state index contributed by atoms with van der Waals surface area (Å²) in [6, 6.07) is 0. The van der Waals surface area contributed by atoms with Gasteiger partial charge in [0.2, 0.25) is 0 Å². The number of nitrogens with zero attached hydrogens (tertiary/aromatic N) is 1. The number of quaternary nitrogens is 1. The fourth-order valence-electron chi connectivity index (χ4n) is 1.48. The number of hydrogen-bond acceptors (Lipinski definition) is 3. The summed E-state index contributed by atoms with van der Waals surface area (Å²) in [4.78, 5) is 11.2. The van der Waals surface area contributed by atoms with Crippen LogP contribution in [-0.4, -0.2) is 51.5 Å². The van der Waals surface area contributed by atoms with Crippen LogP contribution in [0.5, 0.6) is 0 Å². The number of ether oxygens (including phenoxy) is 2. The second kappa shape index (κ2) is 10.2. The summed E-state index contributed by atoms with van der Waals surface area (Å²) in [5.74, 6) is 0. The molecule has 0 saturated heterocycles. The topological polar surface area (TPSA) is 35.5 Å². The Morgan fingerprint density at radius 2 is 1.44 bits per heavy atom. The maximum Gasteiger partial charge on any atom is 0.508 e. The van der Waals surface area contributed by atoms with E-state index < -0.39 is 6.16 Å². The highest BCUT2D eigenvalue weighted by atomic mass is 16.7. The Bertz CT molecular complexity index is 212. The molecule has 0 fully saturated rings. The molecule has 0 saturated carbocycles. The molecule has 0 unspecified atom stereocenters. The van der Waals surface area contributed by atoms with Crippen LogP contribution in [0.25, 0.3) is 0 Å². The molecule has 0 bridgehead atoms. The Morgan fingerprint density at radius 3 is 2.06 bits per heavy atom. The van der Waals surface area contributed by atoms with Gasteiger partial charge >= 0.3 is 6.16 Å². The molecule has 18 heavy (non-hydrogen) atoms. The van der Waals surface area contributed by atoms with Crippen LogP contribution in [-0.2, 0) is 9.47 Å². The van der Waals surface area contributed by atoms with Crippen molar-refractivity contribution in [3.05, 3.63) is 0 Å². The van der Waals surface area contributed by atoms with Crippen LogP contribution in [0.4, 0.5) is 4.79 Å². The monoisotopic (exact) mass is 260 g/mol. The first-order chi connectivity index (χ1) is 8.45. The Balaban J connectivity index is 3.27. The predicted octanol–water partition coefficient (Wildman–Crippen LogP) is 3.21. The summed E-state index contributed by atoms with van der Waals surface area (Å²) < 4.78 is 10.8. The summed E-state index contributed by atoms with van der Waals surface area (Å²) in [6.07, 6.45) is 6.61. The second-order valence-electron chi connectivity index (χ2n) is 5.73. The molecule has 4 nitrogen and oxygen atoms in total. The smallest absolute Gasteiger partial charge is 0.434 e. The van der Waals surface area contributed by atoms with E-state index in [4.69, 9.17) is 9.47 Å². The standard InChI is InChI=1S/C14H30NO3/c1-5-6-7-8-9-10-12-17-14(16)18-13-11-15(2,3)4/h5-13H2,1-4H3/q+1. The summed E-state index contributed by atoms with van der Waals surface area (Å²) in [5.41, 5.74) is 0. The zero-order chi connectivity index (χ0) is 13.9. The minimum Gasteiger partial charge on any atom is -0.434 e. The molecule has 108 valence electrons. The lowest BCUT2D eigenvalue weighted by Crippen LogP contribution is -2.38. The Hall–Kier alpha value is -0.770. The van der Waals surface area contributed by atoms with Gasteiger partial charge < -0.3 is 14.0 Å². The van der Waals surface area contributed by atoms with Gasteiger partial charge in [0, 0.05) is 0 Å². The molecule has 0 spiro atoms. The lowest BCUT2D eigenvalue weighted by atomic mass is 10.1. The van der Waals surface area contributed by atoms with Gasteiger partial charge in [-0.15, -0.1) is 0 Å². The zero-order valence-electron chi connectivity index (χ0n) is 12.5. The van der Waals surface area contributed by atoms with Crippen molar-refractivity contribution < 1.29 is 18.8 Å². The van der Waals surface area contributed by atoms with Crippen molar-refractivity contribution in [1.82, 2.24) is 0 Å². The van der Waals surface area contributed by atoms with Gasteiger partial charge in [0.15, 0.2) is 0 Å². The fraction of sp³-hybridized carbons (Fsp3) is 0.929. The Kier molecular flexibility index (Phi) is 9.74. The highest BCUT2D eigenvalue weighted by molar-refractivity contribution is 5.59. The number of carbonyl (C=O) groups is 1. The first-order valence-electron chi connectivity index (χ1n) is 7.05. The van der Waals surface area contributed by atoms with E-state index in [1.165, 1.54) is 25.7 Å². The van der Waals surface area contributed by atoms with Gasteiger partial charge in [-0.2, -0.15) is 0 Å². The van der Waals surface area contributed by atoms with Crippen LogP contribution in [0.1, 0.15) is 45.4 Å². The Morgan fingerprint density at radius 1 is 0.889 bits per heavy atom. The summed E-state index contributed by atoms with van der Waals surface area (Å²) in [5, 5.41) is 0. The minimum atomic E-state index is -0.531. The molecule has 4 heteroatoms. The molecule has 0 aromatic rings. The van der Waals surface area contributed by atoms with E-state index in [0.717, 1.165) is 23.9 Å². The molecule has 0 aliphatic rings. The van der Waals surface area contributed by atoms with E-state index in [-0.39, 0.29) is 0 Å². The largest absolute Gasteiger partial charge is 0.508 e. The van der Waals surface area contributed by atoms with Crippen LogP contribution >= 0.6 is 0 Å². The molecule has 0 aromatic heterocycles. The normalized spacial score (nSPS) is 11.3. The third-order valence-electron chi connectivity index (χ3n) is 2.70. The number of carbonyl (C=O) groups excluding carboxylic acids is 1. The van der Waals surface area contributed by atoms with Crippen LogP contribution in [0.3, 0.4) is 0 Å². The molecule has 0 radical (unpaired) electrons. The first kappa shape index (κ1) is 17.2. The van der Waals surface area contributed by atoms with Crippen LogP contribution in [0.15, 0.2) is 0 Å². The van der Waals surface area contributed by atoms with E-state index in [0.29, 0.717) is 13.2 Å². The van der Waals surface area contributed by atoms with E-state index in [9.17, 15) is 4.79 Å². The van der Waals surface area contributed by atoms with Gasteiger partial charge in [0.05, 0.1) is 27.7 Å². The molecule has 0 aliphatic carbocycles. The number of unbranched alkanes of at least 4 members (excludes halogenated alkanes) is 5. The predicted molar refractivity (Wildman–Crippen MR) is 73.6 cm³/mol. The van der Waals surface area contributed by atoms with E-state index in [1.54, 1.807) is 0 Å². The van der Waals surface area contributed by atoms with Crippen molar-refractivity contribution in [3.8, 4) is 0 Å². The highest BCUT2D eigenvalue weighted by Gasteiger charge is 2.09. The van der Waals surface area contributed by atoms with Crippen molar-refractivity contribution in [2.45, 2.75) is 45.4 Å². The molecule has 0 aliphatic heterocycles. The van der Waals surface area contributed by atoms with E-state index in [1.807, 2.05) is 0 Å². The van der Waals surface area contributed by atoms with Crippen molar-refractivity contribution in [2.24, 2.45) is 0 Å². The quantitative estimate of drug-likeness (QED) is 0.344. The summed E-state index contributed by atoms with van der Waals surface area (Å²) in [6.45, 7) is 3.90. The van der Waals surface area contributed by atoms with Crippen LogP contribution in [0.2, 0.25) is 0 Å². The maximum atomic E-state index is 11.2. The number of likely N-dealkylation sites (N-methyl/N-ethyl adjacent to an activating group) is 1.